The van der Waals surface area contributed by atoms with Gasteiger partial charge in [-0.1, -0.05) is 24.3 Å². The lowest BCUT2D eigenvalue weighted by molar-refractivity contribution is 0.100. The Hall–Kier alpha value is -3.71. The van der Waals surface area contributed by atoms with Crippen LogP contribution in [0.3, 0.4) is 0 Å². The molecular weight excluding hydrogens is 376 g/mol. The van der Waals surface area contributed by atoms with Crippen LogP contribution in [0.25, 0.3) is 27.9 Å². The molecule has 3 N–H and O–H groups in total. The molecule has 1 fully saturated rings. The van der Waals surface area contributed by atoms with Crippen molar-refractivity contribution < 1.29 is 4.79 Å². The van der Waals surface area contributed by atoms with Crippen LogP contribution in [0.15, 0.2) is 67.1 Å². The zero-order valence-corrected chi connectivity index (χ0v) is 16.5. The van der Waals surface area contributed by atoms with Gasteiger partial charge in [-0.15, -0.1) is 0 Å². The number of nitrogens with two attached hydrogens (primary N) is 1. The molecule has 7 heteroatoms. The molecule has 1 amide bonds. The van der Waals surface area contributed by atoms with Crippen molar-refractivity contribution in [3.63, 3.8) is 0 Å². The Balaban J connectivity index is 1.45. The first-order valence-corrected chi connectivity index (χ1v) is 9.99. The van der Waals surface area contributed by atoms with Crippen molar-refractivity contribution in [2.75, 3.05) is 31.1 Å². The number of primary amides is 1. The van der Waals surface area contributed by atoms with Gasteiger partial charge in [0.2, 0.25) is 5.91 Å². The van der Waals surface area contributed by atoms with Crippen molar-refractivity contribution >= 4 is 17.2 Å². The summed E-state index contributed by atoms with van der Waals surface area (Å²) in [4.78, 5) is 18.5. The summed E-state index contributed by atoms with van der Waals surface area (Å²) in [6.07, 6.45) is 5.60. The first-order valence-electron chi connectivity index (χ1n) is 9.99. The Kier molecular flexibility index (Phi) is 4.65. The third kappa shape index (κ3) is 3.40. The minimum atomic E-state index is -0.451. The van der Waals surface area contributed by atoms with E-state index in [1.807, 2.05) is 24.5 Å². The monoisotopic (exact) mass is 398 g/mol. The number of rotatable bonds is 4. The van der Waals surface area contributed by atoms with Crippen LogP contribution in [-0.4, -0.2) is 46.7 Å². The van der Waals surface area contributed by atoms with Gasteiger partial charge in [0.25, 0.3) is 0 Å². The smallest absolute Gasteiger partial charge is 0.248 e. The van der Waals surface area contributed by atoms with E-state index >= 15 is 0 Å². The van der Waals surface area contributed by atoms with Crippen molar-refractivity contribution in [3.05, 3.63) is 72.7 Å². The Bertz CT molecular complexity index is 1210. The van der Waals surface area contributed by atoms with Gasteiger partial charge in [-0.3, -0.25) is 4.79 Å². The summed E-state index contributed by atoms with van der Waals surface area (Å²) in [5.41, 5.74) is 11.7. The summed E-state index contributed by atoms with van der Waals surface area (Å²) < 4.78 is 1.77. The van der Waals surface area contributed by atoms with Crippen LogP contribution in [0, 0.1) is 0 Å². The first kappa shape index (κ1) is 18.3. The molecule has 0 aliphatic carbocycles. The molecule has 0 unspecified atom stereocenters. The number of hydrogen-bond acceptors (Lipinski definition) is 5. The summed E-state index contributed by atoms with van der Waals surface area (Å²) in [7, 11) is 0. The third-order valence-electron chi connectivity index (χ3n) is 5.50. The fourth-order valence-electron chi connectivity index (χ4n) is 3.86. The Labute approximate surface area is 174 Å². The molecule has 150 valence electrons. The van der Waals surface area contributed by atoms with Crippen molar-refractivity contribution in [2.45, 2.75) is 0 Å². The minimum Gasteiger partial charge on any atom is -0.369 e. The molecular formula is C23H22N6O. The maximum absolute atomic E-state index is 11.5. The Morgan fingerprint density at radius 2 is 1.77 bits per heavy atom. The topological polar surface area (TPSA) is 88.5 Å². The summed E-state index contributed by atoms with van der Waals surface area (Å²) in [5, 5.41) is 7.85. The van der Waals surface area contributed by atoms with Gasteiger partial charge in [0.05, 0.1) is 6.20 Å². The van der Waals surface area contributed by atoms with E-state index in [1.165, 1.54) is 5.69 Å². The Morgan fingerprint density at radius 3 is 2.53 bits per heavy atom. The number of benzene rings is 2. The molecule has 7 nitrogen and oxygen atoms in total. The van der Waals surface area contributed by atoms with Crippen molar-refractivity contribution in [2.24, 2.45) is 5.73 Å². The normalized spacial score (nSPS) is 14.2. The molecule has 3 heterocycles. The van der Waals surface area contributed by atoms with Crippen molar-refractivity contribution in [3.8, 4) is 22.3 Å². The average Bonchev–Trinajstić information content (AvgIpc) is 3.23. The first-order chi connectivity index (χ1) is 14.7. The molecule has 0 bridgehead atoms. The van der Waals surface area contributed by atoms with E-state index in [1.54, 1.807) is 22.8 Å². The highest BCUT2D eigenvalue weighted by molar-refractivity contribution is 5.94. The second-order valence-electron chi connectivity index (χ2n) is 7.40. The van der Waals surface area contributed by atoms with Gasteiger partial charge in [0, 0.05) is 61.0 Å². The zero-order chi connectivity index (χ0) is 20.5. The van der Waals surface area contributed by atoms with Crippen molar-refractivity contribution in [1.29, 1.82) is 0 Å². The van der Waals surface area contributed by atoms with Gasteiger partial charge in [0.15, 0.2) is 5.65 Å². The summed E-state index contributed by atoms with van der Waals surface area (Å²) in [5.74, 6) is -0.451. The fraction of sp³-hybridized carbons (Fsp3) is 0.174. The number of hydrogen-bond donors (Lipinski definition) is 2. The highest BCUT2D eigenvalue weighted by atomic mass is 16.1. The van der Waals surface area contributed by atoms with Crippen LogP contribution in [0.1, 0.15) is 10.4 Å². The molecule has 0 spiro atoms. The summed E-state index contributed by atoms with van der Waals surface area (Å²) in [6.45, 7) is 4.10. The van der Waals surface area contributed by atoms with E-state index in [0.717, 1.165) is 54.1 Å². The molecule has 0 radical (unpaired) electrons. The van der Waals surface area contributed by atoms with E-state index in [4.69, 9.17) is 5.73 Å². The number of nitrogens with zero attached hydrogens (tertiary/aromatic N) is 4. The lowest BCUT2D eigenvalue weighted by atomic mass is 10.1. The second kappa shape index (κ2) is 7.61. The SMILES string of the molecule is NC(=O)c1cccc(-c2cnn3cc(-c4ccc(N5CCNCC5)cc4)cnc23)c1. The average molecular weight is 398 g/mol. The van der Waals surface area contributed by atoms with Crippen LogP contribution in [0.4, 0.5) is 5.69 Å². The molecule has 2 aromatic heterocycles. The van der Waals surface area contributed by atoms with Gasteiger partial charge in [0.1, 0.15) is 0 Å². The van der Waals surface area contributed by atoms with Gasteiger partial charge < -0.3 is 16.0 Å². The maximum Gasteiger partial charge on any atom is 0.248 e. The third-order valence-corrected chi connectivity index (χ3v) is 5.50. The van der Waals surface area contributed by atoms with Crippen LogP contribution in [-0.2, 0) is 0 Å². The van der Waals surface area contributed by atoms with Gasteiger partial charge in [-0.2, -0.15) is 5.10 Å². The van der Waals surface area contributed by atoms with E-state index < -0.39 is 5.91 Å². The van der Waals surface area contributed by atoms with Crippen molar-refractivity contribution in [1.82, 2.24) is 19.9 Å². The lowest BCUT2D eigenvalue weighted by Crippen LogP contribution is -2.43. The lowest BCUT2D eigenvalue weighted by Gasteiger charge is -2.29. The number of piperazine rings is 1. The van der Waals surface area contributed by atoms with Gasteiger partial charge in [-0.25, -0.2) is 9.50 Å². The van der Waals surface area contributed by atoms with Crippen LogP contribution >= 0.6 is 0 Å². The molecule has 5 rings (SSSR count). The predicted octanol–water partition coefficient (Wildman–Crippen LogP) is 2.57. The van der Waals surface area contributed by atoms with E-state index in [-0.39, 0.29) is 0 Å². The van der Waals surface area contributed by atoms with Crippen LogP contribution < -0.4 is 16.0 Å². The highest BCUT2D eigenvalue weighted by Crippen LogP contribution is 2.27. The molecule has 0 saturated carbocycles. The number of amides is 1. The molecule has 0 atom stereocenters. The number of fused-ring (bicyclic) bond motifs is 1. The number of carbonyl (C=O) groups is 1. The molecule has 30 heavy (non-hydrogen) atoms. The molecule has 1 aliphatic rings. The standard InChI is InChI=1S/C23H22N6O/c24-22(30)18-3-1-2-17(12-18)21-14-27-29-15-19(13-26-23(21)29)16-4-6-20(7-5-16)28-10-8-25-9-11-28/h1-7,12-15,25H,8-11H2,(H2,24,30). The van der Waals surface area contributed by atoms with Gasteiger partial charge >= 0.3 is 0 Å². The molecule has 2 aromatic carbocycles. The van der Waals surface area contributed by atoms with E-state index in [0.29, 0.717) is 5.56 Å². The predicted molar refractivity (Wildman–Crippen MR) is 117 cm³/mol. The minimum absolute atomic E-state index is 0.451. The quantitative estimate of drug-likeness (QED) is 0.552. The number of aromatic nitrogens is 3. The summed E-state index contributed by atoms with van der Waals surface area (Å²) in [6, 6.07) is 15.8. The molecule has 4 aromatic rings. The number of nitrogens with one attached hydrogen (secondary N) is 1. The van der Waals surface area contributed by atoms with Crippen LogP contribution in [0.5, 0.6) is 0 Å². The maximum atomic E-state index is 11.5. The number of carbonyl (C=O) groups excluding carboxylic acids is 1. The Morgan fingerprint density at radius 1 is 0.967 bits per heavy atom. The zero-order valence-electron chi connectivity index (χ0n) is 16.5. The van der Waals surface area contributed by atoms with E-state index in [9.17, 15) is 4.79 Å². The second-order valence-corrected chi connectivity index (χ2v) is 7.40. The van der Waals surface area contributed by atoms with E-state index in [2.05, 4.69) is 44.6 Å². The molecule has 1 aliphatic heterocycles. The fourth-order valence-corrected chi connectivity index (χ4v) is 3.86. The summed E-state index contributed by atoms with van der Waals surface area (Å²) >= 11 is 0. The highest BCUT2D eigenvalue weighted by Gasteiger charge is 2.13. The molecule has 1 saturated heterocycles. The largest absolute Gasteiger partial charge is 0.369 e. The van der Waals surface area contributed by atoms with Crippen LogP contribution in [0.2, 0.25) is 0 Å². The number of anilines is 1. The van der Waals surface area contributed by atoms with Gasteiger partial charge in [-0.05, 0) is 35.4 Å².